The number of ether oxygens (including phenoxy) is 1. The van der Waals surface area contributed by atoms with Gasteiger partial charge < -0.3 is 9.15 Å². The second kappa shape index (κ2) is 6.00. The number of carbonyl (C=O) groups is 1. The van der Waals surface area contributed by atoms with E-state index in [0.717, 1.165) is 10.2 Å². The van der Waals surface area contributed by atoms with Crippen molar-refractivity contribution in [3.8, 4) is 5.75 Å². The first-order valence-corrected chi connectivity index (χ1v) is 9.07. The van der Waals surface area contributed by atoms with Gasteiger partial charge >= 0.3 is 0 Å². The lowest BCUT2D eigenvalue weighted by molar-refractivity contribution is -0.135. The molecule has 1 amide bonds. The molecule has 4 aromatic rings. The van der Waals surface area contributed by atoms with E-state index < -0.39 is 6.10 Å². The number of nitrogens with zero attached hydrogens (tertiary/aromatic N) is 2. The molecule has 5 nitrogen and oxygen atoms in total. The van der Waals surface area contributed by atoms with Crippen LogP contribution < -0.4 is 9.64 Å². The SMILES string of the molecule is O=C1C(Oc2ccccc2)C(c2ccco2)N1c1nc2ccccc2s1. The second-order valence-electron chi connectivity index (χ2n) is 5.98. The molecule has 3 heterocycles. The zero-order valence-electron chi connectivity index (χ0n) is 13.6. The number of β-lactam (4-membered cyclic amide) rings is 1. The molecule has 5 rings (SSSR count). The number of anilines is 1. The number of para-hydroxylation sites is 2. The molecule has 1 saturated heterocycles. The fourth-order valence-electron chi connectivity index (χ4n) is 3.14. The molecule has 2 unspecified atom stereocenters. The molecule has 128 valence electrons. The van der Waals surface area contributed by atoms with E-state index in [4.69, 9.17) is 9.15 Å². The summed E-state index contributed by atoms with van der Waals surface area (Å²) >= 11 is 1.49. The molecule has 0 spiro atoms. The summed E-state index contributed by atoms with van der Waals surface area (Å²) in [5, 5.41) is 0.658. The standard InChI is InChI=1S/C20H14N2O3S/c23-19-18(25-13-7-2-1-3-8-13)17(15-10-6-12-24-15)22(19)20-21-14-9-4-5-11-16(14)26-20/h1-12,17-18H. The van der Waals surface area contributed by atoms with E-state index in [1.165, 1.54) is 11.3 Å². The Kier molecular flexibility index (Phi) is 3.50. The van der Waals surface area contributed by atoms with Gasteiger partial charge in [-0.1, -0.05) is 41.7 Å². The van der Waals surface area contributed by atoms with Crippen LogP contribution in [0.4, 0.5) is 5.13 Å². The van der Waals surface area contributed by atoms with E-state index in [1.54, 1.807) is 11.2 Å². The first-order valence-electron chi connectivity index (χ1n) is 8.25. The van der Waals surface area contributed by atoms with Crippen LogP contribution in [0.2, 0.25) is 0 Å². The van der Waals surface area contributed by atoms with Gasteiger partial charge in [-0.15, -0.1) is 0 Å². The normalized spacial score (nSPS) is 19.5. The van der Waals surface area contributed by atoms with Gasteiger partial charge in [0.05, 0.1) is 16.5 Å². The Morgan fingerprint density at radius 2 is 1.81 bits per heavy atom. The van der Waals surface area contributed by atoms with Crippen molar-refractivity contribution < 1.29 is 13.9 Å². The third kappa shape index (κ3) is 2.38. The van der Waals surface area contributed by atoms with Crippen molar-refractivity contribution in [2.45, 2.75) is 12.1 Å². The molecule has 2 aromatic heterocycles. The van der Waals surface area contributed by atoms with Crippen LogP contribution in [0.1, 0.15) is 11.8 Å². The van der Waals surface area contributed by atoms with Crippen molar-refractivity contribution in [2.24, 2.45) is 0 Å². The number of fused-ring (bicyclic) bond motifs is 1. The third-order valence-electron chi connectivity index (χ3n) is 4.38. The minimum absolute atomic E-state index is 0.116. The molecule has 0 N–H and O–H groups in total. The van der Waals surface area contributed by atoms with E-state index in [2.05, 4.69) is 4.98 Å². The van der Waals surface area contributed by atoms with Crippen LogP contribution in [-0.2, 0) is 4.79 Å². The average Bonchev–Trinajstić information content (AvgIpc) is 3.33. The summed E-state index contributed by atoms with van der Waals surface area (Å²) in [7, 11) is 0. The Morgan fingerprint density at radius 3 is 2.58 bits per heavy atom. The van der Waals surface area contributed by atoms with Crippen molar-refractivity contribution >= 4 is 32.6 Å². The number of rotatable bonds is 4. The zero-order chi connectivity index (χ0) is 17.5. The smallest absolute Gasteiger partial charge is 0.273 e. The number of amides is 1. The molecule has 2 atom stereocenters. The minimum Gasteiger partial charge on any atom is -0.478 e. The van der Waals surface area contributed by atoms with Gasteiger partial charge in [-0.2, -0.15) is 0 Å². The van der Waals surface area contributed by atoms with Gasteiger partial charge in [-0.05, 0) is 36.4 Å². The quantitative estimate of drug-likeness (QED) is 0.504. The fourth-order valence-corrected chi connectivity index (χ4v) is 4.14. The van der Waals surface area contributed by atoms with Crippen LogP contribution in [0, 0.1) is 0 Å². The highest BCUT2D eigenvalue weighted by Gasteiger charge is 2.53. The number of hydrogen-bond acceptors (Lipinski definition) is 5. The van der Waals surface area contributed by atoms with E-state index in [0.29, 0.717) is 16.6 Å². The van der Waals surface area contributed by atoms with Gasteiger partial charge in [0.15, 0.2) is 5.13 Å². The summed E-state index contributed by atoms with van der Waals surface area (Å²) in [5.41, 5.74) is 0.880. The highest BCUT2D eigenvalue weighted by molar-refractivity contribution is 7.22. The van der Waals surface area contributed by atoms with Crippen molar-refractivity contribution in [3.05, 3.63) is 78.8 Å². The number of aromatic nitrogens is 1. The molecule has 2 aromatic carbocycles. The van der Waals surface area contributed by atoms with Crippen LogP contribution in [0.5, 0.6) is 5.75 Å². The topological polar surface area (TPSA) is 55.6 Å². The summed E-state index contributed by atoms with van der Waals surface area (Å²) < 4.78 is 12.6. The van der Waals surface area contributed by atoms with Crippen LogP contribution in [0.25, 0.3) is 10.2 Å². The van der Waals surface area contributed by atoms with Gasteiger partial charge in [0.1, 0.15) is 17.6 Å². The number of carbonyl (C=O) groups excluding carboxylic acids is 1. The summed E-state index contributed by atoms with van der Waals surface area (Å²) in [6.45, 7) is 0. The molecule has 1 fully saturated rings. The highest BCUT2D eigenvalue weighted by atomic mass is 32.1. The number of furan rings is 1. The molecule has 26 heavy (non-hydrogen) atoms. The second-order valence-corrected chi connectivity index (χ2v) is 6.99. The van der Waals surface area contributed by atoms with E-state index in [-0.39, 0.29) is 11.9 Å². The van der Waals surface area contributed by atoms with Crippen molar-refractivity contribution in [2.75, 3.05) is 4.90 Å². The van der Waals surface area contributed by atoms with Gasteiger partial charge in [-0.25, -0.2) is 4.98 Å². The summed E-state index contributed by atoms with van der Waals surface area (Å²) in [6, 6.07) is 20.5. The summed E-state index contributed by atoms with van der Waals surface area (Å²) in [5.74, 6) is 1.23. The predicted molar refractivity (Wildman–Crippen MR) is 99.4 cm³/mol. The zero-order valence-corrected chi connectivity index (χ0v) is 14.4. The van der Waals surface area contributed by atoms with Crippen molar-refractivity contribution in [3.63, 3.8) is 0 Å². The van der Waals surface area contributed by atoms with Crippen LogP contribution >= 0.6 is 11.3 Å². The van der Waals surface area contributed by atoms with Crippen LogP contribution in [-0.4, -0.2) is 17.0 Å². The van der Waals surface area contributed by atoms with Gasteiger partial charge in [0.2, 0.25) is 6.10 Å². The number of thiazole rings is 1. The highest BCUT2D eigenvalue weighted by Crippen LogP contribution is 2.43. The van der Waals surface area contributed by atoms with E-state index >= 15 is 0 Å². The van der Waals surface area contributed by atoms with Crippen molar-refractivity contribution in [1.29, 1.82) is 0 Å². The van der Waals surface area contributed by atoms with E-state index in [9.17, 15) is 4.79 Å². The Bertz CT molecular complexity index is 1030. The Balaban J connectivity index is 1.52. The van der Waals surface area contributed by atoms with Gasteiger partial charge in [0.25, 0.3) is 5.91 Å². The maximum Gasteiger partial charge on any atom is 0.273 e. The van der Waals surface area contributed by atoms with Crippen LogP contribution in [0.15, 0.2) is 77.4 Å². The Hall–Kier alpha value is -3.12. The first-order chi connectivity index (χ1) is 12.8. The number of benzene rings is 2. The monoisotopic (exact) mass is 362 g/mol. The summed E-state index contributed by atoms with van der Waals surface area (Å²) in [4.78, 5) is 19.2. The lowest BCUT2D eigenvalue weighted by Gasteiger charge is -2.43. The van der Waals surface area contributed by atoms with Crippen molar-refractivity contribution in [1.82, 2.24) is 4.98 Å². The third-order valence-corrected chi connectivity index (χ3v) is 5.41. The lowest BCUT2D eigenvalue weighted by Crippen LogP contribution is -2.61. The Labute approximate surface area is 153 Å². The Morgan fingerprint density at radius 1 is 1.00 bits per heavy atom. The molecule has 0 bridgehead atoms. The largest absolute Gasteiger partial charge is 0.478 e. The summed E-state index contributed by atoms with van der Waals surface area (Å²) in [6.07, 6.45) is 0.976. The first kappa shape index (κ1) is 15.2. The predicted octanol–water partition coefficient (Wildman–Crippen LogP) is 4.42. The van der Waals surface area contributed by atoms with E-state index in [1.807, 2.05) is 66.7 Å². The molecule has 0 saturated carbocycles. The maximum absolute atomic E-state index is 12.9. The average molecular weight is 362 g/mol. The molecular formula is C20H14N2O3S. The van der Waals surface area contributed by atoms with Gasteiger partial charge in [0, 0.05) is 0 Å². The molecule has 1 aliphatic heterocycles. The molecule has 0 radical (unpaired) electrons. The minimum atomic E-state index is -0.629. The molecule has 0 aliphatic carbocycles. The van der Waals surface area contributed by atoms with Gasteiger partial charge in [-0.3, -0.25) is 9.69 Å². The molecule has 1 aliphatic rings. The fraction of sp³-hybridized carbons (Fsp3) is 0.100. The molecular weight excluding hydrogens is 348 g/mol. The maximum atomic E-state index is 12.9. The molecule has 6 heteroatoms. The lowest BCUT2D eigenvalue weighted by atomic mass is 9.96. The number of hydrogen-bond donors (Lipinski definition) is 0. The van der Waals surface area contributed by atoms with Crippen LogP contribution in [0.3, 0.4) is 0 Å².